The highest BCUT2D eigenvalue weighted by Crippen LogP contribution is 2.21. The molecule has 1 heterocycles. The Hall–Kier alpha value is -0.750. The van der Waals surface area contributed by atoms with Gasteiger partial charge < -0.3 is 15.3 Å². The van der Waals surface area contributed by atoms with Crippen LogP contribution in [0.15, 0.2) is 0 Å². The lowest BCUT2D eigenvalue weighted by molar-refractivity contribution is -0.148. The molecule has 0 saturated carbocycles. The Labute approximate surface area is 86.8 Å². The van der Waals surface area contributed by atoms with E-state index < -0.39 is 12.0 Å². The van der Waals surface area contributed by atoms with Crippen molar-refractivity contribution in [3.8, 4) is 0 Å². The van der Waals surface area contributed by atoms with Crippen LogP contribution < -0.4 is 5.32 Å². The molecule has 0 radical (unpaired) electrons. The molecule has 2 atom stereocenters. The van der Waals surface area contributed by atoms with Gasteiger partial charge in [-0.05, 0) is 14.0 Å². The minimum atomic E-state index is -0.924. The second kappa shape index (κ2) is 4.65. The van der Waals surface area contributed by atoms with E-state index in [1.165, 1.54) is 16.7 Å². The van der Waals surface area contributed by atoms with Crippen molar-refractivity contribution < 1.29 is 14.7 Å². The highest BCUT2D eigenvalue weighted by atomic mass is 32.2. The number of hydrogen-bond donors (Lipinski definition) is 2. The summed E-state index contributed by atoms with van der Waals surface area (Å²) >= 11 is 1.47. The van der Waals surface area contributed by atoms with E-state index in [2.05, 4.69) is 5.32 Å². The Bertz CT molecular complexity index is 247. The monoisotopic (exact) mass is 218 g/mol. The normalized spacial score (nSPS) is 23.6. The summed E-state index contributed by atoms with van der Waals surface area (Å²) in [6.45, 7) is 1.73. The van der Waals surface area contributed by atoms with Gasteiger partial charge in [0.05, 0.1) is 11.9 Å². The molecule has 1 unspecified atom stereocenters. The van der Waals surface area contributed by atoms with E-state index in [4.69, 9.17) is 5.11 Å². The summed E-state index contributed by atoms with van der Waals surface area (Å²) in [4.78, 5) is 23.9. The third-order valence-corrected chi connectivity index (χ3v) is 3.27. The number of carboxylic acid groups (broad SMARTS) is 1. The Morgan fingerprint density at radius 1 is 1.64 bits per heavy atom. The highest BCUT2D eigenvalue weighted by molar-refractivity contribution is 7.99. The maximum Gasteiger partial charge on any atom is 0.327 e. The largest absolute Gasteiger partial charge is 0.480 e. The Balaban J connectivity index is 2.67. The molecule has 0 aromatic rings. The van der Waals surface area contributed by atoms with Crippen LogP contribution in [0, 0.1) is 0 Å². The SMILES string of the molecule is CNC(C)C(=O)N1CSC[C@H]1C(=O)O. The standard InChI is InChI=1S/C8H14N2O3S/c1-5(9-2)7(11)10-4-14-3-6(10)8(12)13/h5-6,9H,3-4H2,1-2H3,(H,12,13)/t5?,6-/m0/s1. The third-order valence-electron chi connectivity index (χ3n) is 2.25. The van der Waals surface area contributed by atoms with E-state index in [1.54, 1.807) is 14.0 Å². The lowest BCUT2D eigenvalue weighted by Gasteiger charge is -2.23. The molecule has 0 aromatic heterocycles. The van der Waals surface area contributed by atoms with Crippen molar-refractivity contribution in [3.05, 3.63) is 0 Å². The summed E-state index contributed by atoms with van der Waals surface area (Å²) in [6.07, 6.45) is 0. The van der Waals surface area contributed by atoms with Crippen LogP contribution in [0.4, 0.5) is 0 Å². The number of aliphatic carboxylic acids is 1. The first kappa shape index (κ1) is 11.3. The van der Waals surface area contributed by atoms with E-state index in [0.717, 1.165) is 0 Å². The molecule has 1 fully saturated rings. The first-order valence-corrected chi connectivity index (χ1v) is 5.51. The molecule has 5 nitrogen and oxygen atoms in total. The van der Waals surface area contributed by atoms with Gasteiger partial charge in [-0.1, -0.05) is 0 Å². The topological polar surface area (TPSA) is 69.6 Å². The Morgan fingerprint density at radius 2 is 2.29 bits per heavy atom. The van der Waals surface area contributed by atoms with Gasteiger partial charge in [0.2, 0.25) is 5.91 Å². The fourth-order valence-electron chi connectivity index (χ4n) is 1.24. The van der Waals surface area contributed by atoms with Crippen LogP contribution >= 0.6 is 11.8 Å². The summed E-state index contributed by atoms with van der Waals surface area (Å²) < 4.78 is 0. The average molecular weight is 218 g/mol. The maximum atomic E-state index is 11.7. The molecule has 0 aliphatic carbocycles. The van der Waals surface area contributed by atoms with Crippen LogP contribution in [0.5, 0.6) is 0 Å². The number of carboxylic acids is 1. The van der Waals surface area contributed by atoms with Crippen molar-refractivity contribution in [3.63, 3.8) is 0 Å². The van der Waals surface area contributed by atoms with Gasteiger partial charge >= 0.3 is 5.97 Å². The van der Waals surface area contributed by atoms with Crippen molar-refractivity contribution in [2.24, 2.45) is 0 Å². The summed E-state index contributed by atoms with van der Waals surface area (Å²) in [5.41, 5.74) is 0. The molecule has 1 amide bonds. The first-order chi connectivity index (χ1) is 6.57. The van der Waals surface area contributed by atoms with Crippen molar-refractivity contribution in [1.29, 1.82) is 0 Å². The van der Waals surface area contributed by atoms with Gasteiger partial charge in [-0.2, -0.15) is 0 Å². The summed E-state index contributed by atoms with van der Waals surface area (Å²) in [5.74, 6) is -0.115. The van der Waals surface area contributed by atoms with Crippen LogP contribution in [-0.4, -0.2) is 52.6 Å². The first-order valence-electron chi connectivity index (χ1n) is 4.36. The van der Waals surface area contributed by atoms with Gasteiger partial charge in [-0.25, -0.2) is 4.79 Å². The lowest BCUT2D eigenvalue weighted by atomic mass is 10.2. The molecule has 0 bridgehead atoms. The van der Waals surface area contributed by atoms with Gasteiger partial charge in [0.25, 0.3) is 0 Å². The molecule has 0 spiro atoms. The minimum Gasteiger partial charge on any atom is -0.480 e. The predicted octanol–water partition coefficient (Wildman–Crippen LogP) is -0.420. The molecule has 80 valence electrons. The number of nitrogens with zero attached hydrogens (tertiary/aromatic N) is 1. The van der Waals surface area contributed by atoms with E-state index in [1.807, 2.05) is 0 Å². The number of amides is 1. The van der Waals surface area contributed by atoms with Crippen molar-refractivity contribution in [2.45, 2.75) is 19.0 Å². The minimum absolute atomic E-state index is 0.148. The number of likely N-dealkylation sites (N-methyl/N-ethyl adjacent to an activating group) is 1. The maximum absolute atomic E-state index is 11.7. The lowest BCUT2D eigenvalue weighted by Crippen LogP contribution is -2.48. The van der Waals surface area contributed by atoms with Gasteiger partial charge in [0.15, 0.2) is 0 Å². The molecule has 1 rings (SSSR count). The number of thioether (sulfide) groups is 1. The fraction of sp³-hybridized carbons (Fsp3) is 0.750. The van der Waals surface area contributed by atoms with E-state index >= 15 is 0 Å². The Morgan fingerprint density at radius 3 is 2.79 bits per heavy atom. The number of hydrogen-bond acceptors (Lipinski definition) is 4. The molecule has 14 heavy (non-hydrogen) atoms. The molecular weight excluding hydrogens is 204 g/mol. The van der Waals surface area contributed by atoms with E-state index in [-0.39, 0.29) is 11.9 Å². The van der Waals surface area contributed by atoms with Gasteiger partial charge in [0.1, 0.15) is 6.04 Å². The summed E-state index contributed by atoms with van der Waals surface area (Å²) in [5, 5.41) is 11.7. The summed E-state index contributed by atoms with van der Waals surface area (Å²) in [7, 11) is 1.68. The second-order valence-corrected chi connectivity index (χ2v) is 4.17. The van der Waals surface area contributed by atoms with Crippen molar-refractivity contribution >= 4 is 23.6 Å². The quantitative estimate of drug-likeness (QED) is 0.673. The highest BCUT2D eigenvalue weighted by Gasteiger charge is 2.35. The average Bonchev–Trinajstić information content (AvgIpc) is 2.63. The number of rotatable bonds is 3. The molecule has 1 aliphatic rings. The molecule has 0 aromatic carbocycles. The van der Waals surface area contributed by atoms with Crippen LogP contribution in [0.25, 0.3) is 0 Å². The van der Waals surface area contributed by atoms with Crippen LogP contribution in [0.1, 0.15) is 6.92 Å². The predicted molar refractivity (Wildman–Crippen MR) is 54.1 cm³/mol. The second-order valence-electron chi connectivity index (χ2n) is 3.17. The van der Waals surface area contributed by atoms with Gasteiger partial charge in [-0.15, -0.1) is 11.8 Å². The zero-order valence-corrected chi connectivity index (χ0v) is 9.00. The Kier molecular flexibility index (Phi) is 3.77. The fourth-order valence-corrected chi connectivity index (χ4v) is 2.39. The van der Waals surface area contributed by atoms with Crippen molar-refractivity contribution in [1.82, 2.24) is 10.2 Å². The molecular formula is C8H14N2O3S. The van der Waals surface area contributed by atoms with Crippen LogP contribution in [0.3, 0.4) is 0 Å². The van der Waals surface area contributed by atoms with E-state index in [9.17, 15) is 9.59 Å². The molecule has 6 heteroatoms. The third kappa shape index (κ3) is 2.19. The number of nitrogens with one attached hydrogen (secondary N) is 1. The molecule has 2 N–H and O–H groups in total. The van der Waals surface area contributed by atoms with Gasteiger partial charge in [0, 0.05) is 5.75 Å². The summed E-state index contributed by atoms with van der Waals surface area (Å²) in [6, 6.07) is -0.987. The van der Waals surface area contributed by atoms with Crippen LogP contribution in [0.2, 0.25) is 0 Å². The number of carbonyl (C=O) groups excluding carboxylic acids is 1. The molecule has 1 aliphatic heterocycles. The van der Waals surface area contributed by atoms with Crippen molar-refractivity contribution in [2.75, 3.05) is 18.7 Å². The smallest absolute Gasteiger partial charge is 0.327 e. The van der Waals surface area contributed by atoms with E-state index in [0.29, 0.717) is 11.6 Å². The zero-order chi connectivity index (χ0) is 10.7. The zero-order valence-electron chi connectivity index (χ0n) is 8.19. The molecule has 1 saturated heterocycles. The van der Waals surface area contributed by atoms with Crippen LogP contribution in [-0.2, 0) is 9.59 Å². The number of carbonyl (C=O) groups is 2. The van der Waals surface area contributed by atoms with Gasteiger partial charge in [-0.3, -0.25) is 4.79 Å².